The minimum absolute atomic E-state index is 0.107. The number of carbonyl (C=O) groups is 1. The van der Waals surface area contributed by atoms with Crippen molar-refractivity contribution in [1.82, 2.24) is 4.90 Å². The minimum Gasteiger partial charge on any atom is -0.338 e. The van der Waals surface area contributed by atoms with Gasteiger partial charge in [-0.25, -0.2) is 0 Å². The Morgan fingerprint density at radius 1 is 1.42 bits per heavy atom. The Balaban J connectivity index is 3.52. The molecule has 0 aromatic rings. The predicted molar refractivity (Wildman–Crippen MR) is 59.2 cm³/mol. The average Bonchev–Trinajstić information content (AvgIpc) is 2.03. The van der Waals surface area contributed by atoms with Gasteiger partial charge in [0.15, 0.2) is 0 Å². The Bertz CT molecular complexity index is 190. The molecule has 0 atom stereocenters. The number of hydrogen-bond donors (Lipinski definition) is 0. The van der Waals surface area contributed by atoms with Crippen molar-refractivity contribution in [3.8, 4) is 11.8 Å². The van der Waals surface area contributed by atoms with Gasteiger partial charge < -0.3 is 4.90 Å². The molecule has 12 heavy (non-hydrogen) atoms. The van der Waals surface area contributed by atoms with Gasteiger partial charge >= 0.3 is 0 Å². The fourth-order valence-corrected chi connectivity index (χ4v) is 1.10. The number of nitrogens with zero attached hydrogens (tertiary/aromatic N) is 1. The van der Waals surface area contributed by atoms with Crippen LogP contribution in [0.25, 0.3) is 0 Å². The third-order valence-corrected chi connectivity index (χ3v) is 2.05. The molecule has 0 spiro atoms. The Morgan fingerprint density at radius 3 is 2.58 bits per heavy atom. The lowest BCUT2D eigenvalue weighted by molar-refractivity contribution is -0.122. The van der Waals surface area contributed by atoms with E-state index in [1.807, 2.05) is 0 Å². The molecule has 2 nitrogen and oxygen atoms in total. The van der Waals surface area contributed by atoms with Crippen molar-refractivity contribution < 1.29 is 4.79 Å². The maximum atomic E-state index is 10.9. The van der Waals surface area contributed by atoms with Gasteiger partial charge in [0.1, 0.15) is 0 Å². The molecule has 0 aliphatic heterocycles. The first-order valence-electron chi connectivity index (χ1n) is 3.94. The number of alkyl halides is 1. The summed E-state index contributed by atoms with van der Waals surface area (Å²) in [4.78, 5) is 12.4. The molecule has 0 aliphatic rings. The summed E-state index contributed by atoms with van der Waals surface area (Å²) < 4.78 is 1.17. The number of amides is 1. The lowest BCUT2D eigenvalue weighted by atomic mass is 10.2. The fraction of sp³-hybridized carbons (Fsp3) is 0.667. The fourth-order valence-electron chi connectivity index (χ4n) is 0.558. The topological polar surface area (TPSA) is 20.3 Å². The van der Waals surface area contributed by atoms with E-state index in [0.29, 0.717) is 0 Å². The Kier molecular flexibility index (Phi) is 7.26. The number of carbonyl (C=O) groups excluding carboxylic acids is 1. The Hall–Kier alpha value is -0.240. The largest absolute Gasteiger partial charge is 0.338 e. The SMILES string of the molecule is CN(C)C(=O)C#CCCCCI. The lowest BCUT2D eigenvalue weighted by Crippen LogP contribution is -2.19. The van der Waals surface area contributed by atoms with Gasteiger partial charge in [0, 0.05) is 20.5 Å². The van der Waals surface area contributed by atoms with Gasteiger partial charge in [-0.15, -0.1) is 0 Å². The van der Waals surface area contributed by atoms with Gasteiger partial charge in [-0.1, -0.05) is 28.5 Å². The lowest BCUT2D eigenvalue weighted by Gasteiger charge is -2.02. The van der Waals surface area contributed by atoms with Crippen LogP contribution in [0.4, 0.5) is 0 Å². The molecule has 0 aliphatic carbocycles. The molecule has 0 saturated carbocycles. The van der Waals surface area contributed by atoms with Gasteiger partial charge in [-0.3, -0.25) is 4.79 Å². The standard InChI is InChI=1S/C9H14INO/c1-11(2)9(12)7-5-3-4-6-8-10/h3-4,6,8H2,1-2H3. The molecule has 68 valence electrons. The molecular weight excluding hydrogens is 265 g/mol. The van der Waals surface area contributed by atoms with Gasteiger partial charge in [0.2, 0.25) is 0 Å². The second-order valence-corrected chi connectivity index (χ2v) is 3.73. The summed E-state index contributed by atoms with van der Waals surface area (Å²) in [6, 6.07) is 0. The third-order valence-electron chi connectivity index (χ3n) is 1.29. The molecule has 1 amide bonds. The zero-order valence-corrected chi connectivity index (χ0v) is 9.72. The zero-order chi connectivity index (χ0) is 9.40. The highest BCUT2D eigenvalue weighted by atomic mass is 127. The van der Waals surface area contributed by atoms with Crippen molar-refractivity contribution in [3.63, 3.8) is 0 Å². The van der Waals surface area contributed by atoms with Crippen LogP contribution < -0.4 is 0 Å². The van der Waals surface area contributed by atoms with Crippen LogP contribution >= 0.6 is 22.6 Å². The van der Waals surface area contributed by atoms with E-state index in [2.05, 4.69) is 34.4 Å². The van der Waals surface area contributed by atoms with Crippen LogP contribution in [0.2, 0.25) is 0 Å². The van der Waals surface area contributed by atoms with Crippen molar-refractivity contribution in [3.05, 3.63) is 0 Å². The van der Waals surface area contributed by atoms with E-state index >= 15 is 0 Å². The smallest absolute Gasteiger partial charge is 0.297 e. The summed E-state index contributed by atoms with van der Waals surface area (Å²) in [5.41, 5.74) is 0. The second-order valence-electron chi connectivity index (χ2n) is 2.65. The van der Waals surface area contributed by atoms with Gasteiger partial charge in [-0.05, 0) is 23.2 Å². The monoisotopic (exact) mass is 279 g/mol. The van der Waals surface area contributed by atoms with Crippen molar-refractivity contribution >= 4 is 28.5 Å². The first-order valence-corrected chi connectivity index (χ1v) is 5.47. The molecular formula is C9H14INO. The van der Waals surface area contributed by atoms with Crippen molar-refractivity contribution in [1.29, 1.82) is 0 Å². The van der Waals surface area contributed by atoms with Crippen molar-refractivity contribution in [2.45, 2.75) is 19.3 Å². The van der Waals surface area contributed by atoms with E-state index in [-0.39, 0.29) is 5.91 Å². The Labute approximate surface area is 87.8 Å². The quantitative estimate of drug-likeness (QED) is 0.333. The van der Waals surface area contributed by atoms with Gasteiger partial charge in [0.05, 0.1) is 0 Å². The van der Waals surface area contributed by atoms with Crippen LogP contribution in [0.15, 0.2) is 0 Å². The predicted octanol–water partition coefficient (Wildman–Crippen LogP) is 1.68. The van der Waals surface area contributed by atoms with Crippen LogP contribution in [0, 0.1) is 11.8 Å². The maximum Gasteiger partial charge on any atom is 0.297 e. The molecule has 0 unspecified atom stereocenters. The number of hydrogen-bond acceptors (Lipinski definition) is 1. The minimum atomic E-state index is -0.107. The van der Waals surface area contributed by atoms with E-state index in [9.17, 15) is 4.79 Å². The van der Waals surface area contributed by atoms with Crippen LogP contribution in [-0.2, 0) is 4.79 Å². The molecule has 0 radical (unpaired) electrons. The highest BCUT2D eigenvalue weighted by molar-refractivity contribution is 14.1. The van der Waals surface area contributed by atoms with E-state index in [4.69, 9.17) is 0 Å². The average molecular weight is 279 g/mol. The maximum absolute atomic E-state index is 10.9. The molecule has 0 bridgehead atoms. The summed E-state index contributed by atoms with van der Waals surface area (Å²) >= 11 is 2.34. The molecule has 0 N–H and O–H groups in total. The summed E-state index contributed by atoms with van der Waals surface area (Å²) in [5, 5.41) is 0. The summed E-state index contributed by atoms with van der Waals surface area (Å²) in [6.07, 6.45) is 3.12. The highest BCUT2D eigenvalue weighted by Gasteiger charge is 1.94. The van der Waals surface area contributed by atoms with Crippen LogP contribution in [0.1, 0.15) is 19.3 Å². The molecule has 0 rings (SSSR count). The van der Waals surface area contributed by atoms with Crippen molar-refractivity contribution in [2.75, 3.05) is 18.5 Å². The van der Waals surface area contributed by atoms with Crippen molar-refractivity contribution in [2.24, 2.45) is 0 Å². The first kappa shape index (κ1) is 11.8. The van der Waals surface area contributed by atoms with Crippen LogP contribution in [-0.4, -0.2) is 29.3 Å². The van der Waals surface area contributed by atoms with Crippen LogP contribution in [0.5, 0.6) is 0 Å². The third kappa shape index (κ3) is 6.47. The summed E-state index contributed by atoms with van der Waals surface area (Å²) in [5.74, 6) is 5.33. The molecule has 3 heteroatoms. The first-order chi connectivity index (χ1) is 5.68. The van der Waals surface area contributed by atoms with E-state index in [0.717, 1.165) is 12.8 Å². The van der Waals surface area contributed by atoms with Gasteiger partial charge in [-0.2, -0.15) is 0 Å². The van der Waals surface area contributed by atoms with E-state index in [1.54, 1.807) is 14.1 Å². The molecule has 0 aromatic heterocycles. The molecule has 0 saturated heterocycles. The zero-order valence-electron chi connectivity index (χ0n) is 7.56. The number of unbranched alkanes of at least 4 members (excludes halogenated alkanes) is 2. The Morgan fingerprint density at radius 2 is 2.08 bits per heavy atom. The highest BCUT2D eigenvalue weighted by Crippen LogP contribution is 1.96. The number of rotatable bonds is 3. The summed E-state index contributed by atoms with van der Waals surface area (Å²) in [7, 11) is 3.42. The normalized spacial score (nSPS) is 8.58. The summed E-state index contributed by atoms with van der Waals surface area (Å²) in [6.45, 7) is 0. The van der Waals surface area contributed by atoms with Gasteiger partial charge in [0.25, 0.3) is 5.91 Å². The molecule has 0 heterocycles. The van der Waals surface area contributed by atoms with E-state index in [1.165, 1.54) is 15.7 Å². The van der Waals surface area contributed by atoms with E-state index < -0.39 is 0 Å². The van der Waals surface area contributed by atoms with Crippen LogP contribution in [0.3, 0.4) is 0 Å². The molecule has 0 fully saturated rings. The second kappa shape index (κ2) is 7.41. The molecule has 0 aromatic carbocycles. The number of halogens is 1.